The summed E-state index contributed by atoms with van der Waals surface area (Å²) >= 11 is 0. The fraction of sp³-hybridized carbons (Fsp3) is 0.462. The standard InChI is InChI=1S/C13H14F3NO3/c14-13(15,16)9-3-1-8(2-4-9)5-12(20)17-6-10(18)11(19)7-17/h1-4,10-11,18-19H,5-7H2. The van der Waals surface area contributed by atoms with Crippen molar-refractivity contribution >= 4 is 5.91 Å². The molecule has 1 heterocycles. The smallest absolute Gasteiger partial charge is 0.388 e. The molecule has 1 saturated heterocycles. The van der Waals surface area contributed by atoms with E-state index < -0.39 is 23.9 Å². The minimum atomic E-state index is -4.40. The number of alkyl halides is 3. The van der Waals surface area contributed by atoms with E-state index in [1.54, 1.807) is 0 Å². The first-order valence-corrected chi connectivity index (χ1v) is 6.07. The number of β-amino-alcohol motifs (C(OH)–C–C–N with tert-alkyl or cyclic N) is 2. The lowest BCUT2D eigenvalue weighted by Crippen LogP contribution is -2.31. The average molecular weight is 289 g/mol. The number of likely N-dealkylation sites (tertiary alicyclic amines) is 1. The molecule has 1 aliphatic rings. The molecule has 0 aliphatic carbocycles. The largest absolute Gasteiger partial charge is 0.416 e. The lowest BCUT2D eigenvalue weighted by molar-refractivity contribution is -0.137. The van der Waals surface area contributed by atoms with E-state index in [0.29, 0.717) is 5.56 Å². The van der Waals surface area contributed by atoms with Crippen molar-refractivity contribution < 1.29 is 28.2 Å². The molecular formula is C13H14F3NO3. The van der Waals surface area contributed by atoms with Gasteiger partial charge in [0.25, 0.3) is 0 Å². The molecule has 2 rings (SSSR count). The Balaban J connectivity index is 1.98. The molecule has 7 heteroatoms. The van der Waals surface area contributed by atoms with Crippen LogP contribution in [-0.2, 0) is 17.4 Å². The Labute approximate surface area is 113 Å². The lowest BCUT2D eigenvalue weighted by atomic mass is 10.1. The van der Waals surface area contributed by atoms with E-state index in [1.165, 1.54) is 17.0 Å². The highest BCUT2D eigenvalue weighted by molar-refractivity contribution is 5.79. The molecule has 0 saturated carbocycles. The van der Waals surface area contributed by atoms with Crippen LogP contribution in [0, 0.1) is 0 Å². The second-order valence-electron chi connectivity index (χ2n) is 4.80. The van der Waals surface area contributed by atoms with Crippen LogP contribution in [0.5, 0.6) is 0 Å². The van der Waals surface area contributed by atoms with Gasteiger partial charge in [0.05, 0.1) is 24.2 Å². The van der Waals surface area contributed by atoms with Crippen LogP contribution in [0.25, 0.3) is 0 Å². The monoisotopic (exact) mass is 289 g/mol. The summed E-state index contributed by atoms with van der Waals surface area (Å²) in [6.07, 6.45) is -6.39. The number of halogens is 3. The molecule has 2 atom stereocenters. The number of benzene rings is 1. The predicted octanol–water partition coefficient (Wildman–Crippen LogP) is 0.812. The zero-order valence-corrected chi connectivity index (χ0v) is 10.5. The van der Waals surface area contributed by atoms with Crippen molar-refractivity contribution in [2.45, 2.75) is 24.8 Å². The third kappa shape index (κ3) is 3.29. The van der Waals surface area contributed by atoms with Gasteiger partial charge in [0.1, 0.15) is 0 Å². The molecule has 2 N–H and O–H groups in total. The van der Waals surface area contributed by atoms with E-state index in [4.69, 9.17) is 0 Å². The summed E-state index contributed by atoms with van der Waals surface area (Å²) in [5.41, 5.74) is -0.306. The van der Waals surface area contributed by atoms with Crippen LogP contribution in [0.3, 0.4) is 0 Å². The predicted molar refractivity (Wildman–Crippen MR) is 63.7 cm³/mol. The van der Waals surface area contributed by atoms with Gasteiger partial charge in [-0.05, 0) is 17.7 Å². The highest BCUT2D eigenvalue weighted by Crippen LogP contribution is 2.29. The van der Waals surface area contributed by atoms with Gasteiger partial charge < -0.3 is 15.1 Å². The van der Waals surface area contributed by atoms with E-state index in [9.17, 15) is 28.2 Å². The molecule has 1 aromatic carbocycles. The second-order valence-corrected chi connectivity index (χ2v) is 4.80. The molecule has 20 heavy (non-hydrogen) atoms. The molecule has 0 aromatic heterocycles. The first-order chi connectivity index (χ1) is 9.27. The summed E-state index contributed by atoms with van der Waals surface area (Å²) in [7, 11) is 0. The van der Waals surface area contributed by atoms with Gasteiger partial charge in [-0.25, -0.2) is 0 Å². The molecule has 2 unspecified atom stereocenters. The maximum absolute atomic E-state index is 12.4. The number of hydrogen-bond donors (Lipinski definition) is 2. The molecule has 110 valence electrons. The fourth-order valence-electron chi connectivity index (χ4n) is 2.07. The third-order valence-corrected chi connectivity index (χ3v) is 3.25. The maximum atomic E-state index is 12.4. The minimum Gasteiger partial charge on any atom is -0.388 e. The minimum absolute atomic E-state index is 0.0423. The van der Waals surface area contributed by atoms with Gasteiger partial charge in [0, 0.05) is 13.1 Å². The molecule has 1 fully saturated rings. The average Bonchev–Trinajstić information content (AvgIpc) is 2.69. The van der Waals surface area contributed by atoms with Crippen molar-refractivity contribution in [3.8, 4) is 0 Å². The Hall–Kier alpha value is -1.60. The molecule has 1 aromatic rings. The number of aliphatic hydroxyl groups excluding tert-OH is 2. The van der Waals surface area contributed by atoms with Crippen molar-refractivity contribution in [1.82, 2.24) is 4.90 Å². The molecule has 0 bridgehead atoms. The first kappa shape index (κ1) is 14.8. The Morgan fingerprint density at radius 1 is 1.15 bits per heavy atom. The summed E-state index contributed by atoms with van der Waals surface area (Å²) in [5, 5.41) is 18.7. The Bertz CT molecular complexity index is 477. The van der Waals surface area contributed by atoms with Crippen LogP contribution in [-0.4, -0.2) is 46.3 Å². The maximum Gasteiger partial charge on any atom is 0.416 e. The van der Waals surface area contributed by atoms with Crippen molar-refractivity contribution in [1.29, 1.82) is 0 Å². The SMILES string of the molecule is O=C(Cc1ccc(C(F)(F)F)cc1)N1CC(O)C(O)C1. The summed E-state index contributed by atoms with van der Waals surface area (Å²) in [6, 6.07) is 4.36. The Morgan fingerprint density at radius 3 is 2.10 bits per heavy atom. The van der Waals surface area contributed by atoms with E-state index in [0.717, 1.165) is 12.1 Å². The number of nitrogens with zero attached hydrogens (tertiary/aromatic N) is 1. The van der Waals surface area contributed by atoms with E-state index >= 15 is 0 Å². The highest BCUT2D eigenvalue weighted by Gasteiger charge is 2.33. The summed E-state index contributed by atoms with van der Waals surface area (Å²) in [4.78, 5) is 13.2. The number of amides is 1. The normalized spacial score (nSPS) is 23.1. The zero-order valence-electron chi connectivity index (χ0n) is 10.5. The van der Waals surface area contributed by atoms with Crippen molar-refractivity contribution in [3.05, 3.63) is 35.4 Å². The van der Waals surface area contributed by atoms with Crippen molar-refractivity contribution in [2.24, 2.45) is 0 Å². The van der Waals surface area contributed by atoms with Crippen LogP contribution in [0.1, 0.15) is 11.1 Å². The van der Waals surface area contributed by atoms with Gasteiger partial charge in [-0.3, -0.25) is 4.79 Å². The fourth-order valence-corrected chi connectivity index (χ4v) is 2.07. The summed E-state index contributed by atoms with van der Waals surface area (Å²) in [5.74, 6) is -0.333. The zero-order chi connectivity index (χ0) is 14.9. The molecule has 1 aliphatic heterocycles. The highest BCUT2D eigenvalue weighted by atomic mass is 19.4. The van der Waals surface area contributed by atoms with Gasteiger partial charge in [-0.15, -0.1) is 0 Å². The molecule has 0 spiro atoms. The van der Waals surface area contributed by atoms with Crippen LogP contribution in [0.2, 0.25) is 0 Å². The summed E-state index contributed by atoms with van der Waals surface area (Å²) in [6.45, 7) is 0.0846. The van der Waals surface area contributed by atoms with Gasteiger partial charge in [-0.1, -0.05) is 12.1 Å². The third-order valence-electron chi connectivity index (χ3n) is 3.25. The van der Waals surface area contributed by atoms with Crippen LogP contribution < -0.4 is 0 Å². The van der Waals surface area contributed by atoms with Crippen molar-refractivity contribution in [3.63, 3.8) is 0 Å². The molecule has 4 nitrogen and oxygen atoms in total. The topological polar surface area (TPSA) is 60.8 Å². The number of hydrogen-bond acceptors (Lipinski definition) is 3. The Morgan fingerprint density at radius 2 is 1.65 bits per heavy atom. The van der Waals surface area contributed by atoms with E-state index in [2.05, 4.69) is 0 Å². The molecule has 1 amide bonds. The second kappa shape index (κ2) is 5.41. The number of carbonyl (C=O) groups is 1. The molecule has 0 radical (unpaired) electrons. The lowest BCUT2D eigenvalue weighted by Gasteiger charge is -2.15. The quantitative estimate of drug-likeness (QED) is 0.847. The van der Waals surface area contributed by atoms with Crippen LogP contribution in [0.15, 0.2) is 24.3 Å². The van der Waals surface area contributed by atoms with E-state index in [1.807, 2.05) is 0 Å². The Kier molecular flexibility index (Phi) is 4.01. The van der Waals surface area contributed by atoms with Gasteiger partial charge >= 0.3 is 6.18 Å². The number of aliphatic hydroxyl groups is 2. The van der Waals surface area contributed by atoms with Crippen LogP contribution >= 0.6 is 0 Å². The van der Waals surface area contributed by atoms with Crippen molar-refractivity contribution in [2.75, 3.05) is 13.1 Å². The van der Waals surface area contributed by atoms with Gasteiger partial charge in [0.15, 0.2) is 0 Å². The summed E-state index contributed by atoms with van der Waals surface area (Å²) < 4.78 is 37.1. The first-order valence-electron chi connectivity index (χ1n) is 6.07. The molecular weight excluding hydrogens is 275 g/mol. The van der Waals surface area contributed by atoms with Gasteiger partial charge in [-0.2, -0.15) is 13.2 Å². The number of rotatable bonds is 2. The van der Waals surface area contributed by atoms with E-state index in [-0.39, 0.29) is 25.4 Å². The van der Waals surface area contributed by atoms with Gasteiger partial charge in [0.2, 0.25) is 5.91 Å². The van der Waals surface area contributed by atoms with Crippen LogP contribution in [0.4, 0.5) is 13.2 Å². The number of carbonyl (C=O) groups excluding carboxylic acids is 1.